The van der Waals surface area contributed by atoms with Crippen molar-refractivity contribution in [3.8, 4) is 0 Å². The van der Waals surface area contributed by atoms with E-state index in [1.54, 1.807) is 20.8 Å². The molecular formula is C7H16KLiO. The van der Waals surface area contributed by atoms with E-state index in [2.05, 4.69) is 6.58 Å². The van der Waals surface area contributed by atoms with E-state index >= 15 is 0 Å². The first-order valence-electron chi connectivity index (χ1n) is 3.25. The molecule has 0 radical (unpaired) electrons. The minimum absolute atomic E-state index is 0. The fourth-order valence-electron chi connectivity index (χ4n) is 0. The Hall–Kier alpha value is 1.93. The molecule has 0 saturated carbocycles. The molecule has 10 heavy (non-hydrogen) atoms. The van der Waals surface area contributed by atoms with Crippen LogP contribution in [0.15, 0.2) is 12.7 Å². The standard InChI is InChI=1S/C4H10O.C3H5.K.Li.H/c1-4(2,3)5;1-3-2;;;/h5H,1-3H3;3H,1-2H2;;;. The van der Waals surface area contributed by atoms with E-state index in [1.807, 2.05) is 6.08 Å². The zero-order valence-corrected chi connectivity index (χ0v) is 10.1. The molecule has 0 aliphatic heterocycles. The predicted octanol–water partition coefficient (Wildman–Crippen LogP) is 0.888. The van der Waals surface area contributed by atoms with E-state index in [0.717, 1.165) is 49.0 Å². The molecule has 0 amide bonds. The van der Waals surface area contributed by atoms with Crippen molar-refractivity contribution in [2.24, 2.45) is 0 Å². The summed E-state index contributed by atoms with van der Waals surface area (Å²) in [6.45, 7) is 8.76. The molecule has 0 rings (SSSR count). The Morgan fingerprint density at radius 1 is 1.50 bits per heavy atom. The van der Waals surface area contributed by atoms with Crippen LogP contribution in [-0.4, -0.2) is 78.5 Å². The molecule has 0 unspecified atom stereocenters. The zero-order chi connectivity index (χ0) is 7.91. The van der Waals surface area contributed by atoms with E-state index in [1.165, 1.54) is 0.515 Å². The summed E-state index contributed by atoms with van der Waals surface area (Å²) in [7, 11) is 0. The van der Waals surface area contributed by atoms with Gasteiger partial charge in [0.05, 0.1) is 5.60 Å². The van der Waals surface area contributed by atoms with Crippen molar-refractivity contribution in [3.63, 3.8) is 0 Å². The first-order valence-corrected chi connectivity index (χ1v) is 5.46. The fraction of sp³-hybridized carbons (Fsp3) is 0.714. The van der Waals surface area contributed by atoms with Gasteiger partial charge >= 0.3 is 81.0 Å². The van der Waals surface area contributed by atoms with Crippen LogP contribution in [0.5, 0.6) is 0 Å². The second-order valence-electron chi connectivity index (χ2n) is 2.87. The van der Waals surface area contributed by atoms with Gasteiger partial charge in [0.25, 0.3) is 0 Å². The van der Waals surface area contributed by atoms with Gasteiger partial charge in [0.15, 0.2) is 0 Å². The number of rotatable bonds is 1. The SMILES string of the molecule is C=C[CH2][K].CC(C)(C)O.[LiH]. The molecule has 0 heterocycles. The second kappa shape index (κ2) is 10.9. The van der Waals surface area contributed by atoms with Crippen LogP contribution in [0.4, 0.5) is 0 Å². The molecule has 0 aliphatic carbocycles. The van der Waals surface area contributed by atoms with Crippen molar-refractivity contribution in [2.45, 2.75) is 26.9 Å². The minimum atomic E-state index is -0.500. The van der Waals surface area contributed by atoms with Crippen molar-refractivity contribution in [1.82, 2.24) is 0 Å². The van der Waals surface area contributed by atoms with Gasteiger partial charge in [-0.25, -0.2) is 0 Å². The summed E-state index contributed by atoms with van der Waals surface area (Å²) in [5.74, 6) is 0. The molecule has 0 atom stereocenters. The molecule has 0 aromatic heterocycles. The second-order valence-corrected chi connectivity index (χ2v) is 4.14. The Morgan fingerprint density at radius 3 is 1.60 bits per heavy atom. The van der Waals surface area contributed by atoms with Crippen LogP contribution < -0.4 is 0 Å². The quantitative estimate of drug-likeness (QED) is 0.448. The van der Waals surface area contributed by atoms with Crippen molar-refractivity contribution in [1.29, 1.82) is 0 Å². The van der Waals surface area contributed by atoms with Crippen molar-refractivity contribution in [2.75, 3.05) is 0 Å². The molecule has 0 aliphatic rings. The van der Waals surface area contributed by atoms with Crippen LogP contribution in [0.1, 0.15) is 20.8 Å². The molecule has 1 nitrogen and oxygen atoms in total. The Morgan fingerprint density at radius 2 is 1.60 bits per heavy atom. The van der Waals surface area contributed by atoms with Gasteiger partial charge in [0, 0.05) is 0 Å². The Kier molecular flexibility index (Phi) is 19.5. The zero-order valence-electron chi connectivity index (χ0n) is 6.94. The monoisotopic (exact) mass is 162 g/mol. The molecule has 0 spiro atoms. The third kappa shape index (κ3) is 92.1. The molecular weight excluding hydrogens is 146 g/mol. The van der Waals surface area contributed by atoms with Gasteiger partial charge in [-0.05, 0) is 20.8 Å². The van der Waals surface area contributed by atoms with Crippen LogP contribution in [-0.2, 0) is 0 Å². The van der Waals surface area contributed by atoms with Crippen LogP contribution in [0.2, 0.25) is 0.515 Å². The first kappa shape index (κ1) is 17.9. The molecule has 1 N–H and O–H groups in total. The normalized spacial score (nSPS) is 8.60. The van der Waals surface area contributed by atoms with Crippen molar-refractivity contribution in [3.05, 3.63) is 12.7 Å². The van der Waals surface area contributed by atoms with Gasteiger partial charge in [0.1, 0.15) is 0 Å². The molecule has 0 fully saturated rings. The summed E-state index contributed by atoms with van der Waals surface area (Å²) in [5, 5.41) is 8.52. The molecule has 52 valence electrons. The number of hydrogen-bond acceptors (Lipinski definition) is 1. The number of aliphatic hydroxyl groups is 1. The van der Waals surface area contributed by atoms with Crippen LogP contribution in [0.25, 0.3) is 0 Å². The topological polar surface area (TPSA) is 20.2 Å². The van der Waals surface area contributed by atoms with Crippen LogP contribution >= 0.6 is 0 Å². The maximum absolute atomic E-state index is 8.52. The molecule has 0 bridgehead atoms. The predicted molar refractivity (Wildman–Crippen MR) is 49.9 cm³/mol. The summed E-state index contributed by atoms with van der Waals surface area (Å²) >= 11 is 0.995. The summed E-state index contributed by atoms with van der Waals surface area (Å²) in [6.07, 6.45) is 1.96. The van der Waals surface area contributed by atoms with Gasteiger partial charge in [-0.2, -0.15) is 0 Å². The maximum atomic E-state index is 8.52. The fourth-order valence-corrected chi connectivity index (χ4v) is 0. The Labute approximate surface area is 110 Å². The van der Waals surface area contributed by atoms with Crippen LogP contribution in [0, 0.1) is 0 Å². The third-order valence-electron chi connectivity index (χ3n) is 0.289. The van der Waals surface area contributed by atoms with Gasteiger partial charge in [0.2, 0.25) is 0 Å². The molecule has 0 aromatic rings. The van der Waals surface area contributed by atoms with E-state index in [4.69, 9.17) is 5.11 Å². The average Bonchev–Trinajstić information content (AvgIpc) is 1.61. The van der Waals surface area contributed by atoms with Crippen LogP contribution in [0.3, 0.4) is 0 Å². The number of hydrogen-bond donors (Lipinski definition) is 1. The van der Waals surface area contributed by atoms with E-state index < -0.39 is 5.60 Å². The molecule has 0 aromatic carbocycles. The van der Waals surface area contributed by atoms with Gasteiger partial charge < -0.3 is 5.11 Å². The van der Waals surface area contributed by atoms with Gasteiger partial charge in [-0.3, -0.25) is 0 Å². The third-order valence-corrected chi connectivity index (χ3v) is 1.19. The summed E-state index contributed by atoms with van der Waals surface area (Å²) in [4.78, 5) is 0. The summed E-state index contributed by atoms with van der Waals surface area (Å²) in [6, 6.07) is 0. The first-order chi connectivity index (χ1) is 3.91. The van der Waals surface area contributed by atoms with E-state index in [9.17, 15) is 0 Å². The molecule has 0 saturated heterocycles. The van der Waals surface area contributed by atoms with Crippen molar-refractivity contribution >= 4 is 67.8 Å². The van der Waals surface area contributed by atoms with E-state index in [0.29, 0.717) is 0 Å². The van der Waals surface area contributed by atoms with Gasteiger partial charge in [-0.1, -0.05) is 0 Å². The Balaban J connectivity index is -0.0000000910. The van der Waals surface area contributed by atoms with E-state index in [-0.39, 0.29) is 18.9 Å². The number of allylic oxidation sites excluding steroid dienone is 1. The average molecular weight is 162 g/mol. The van der Waals surface area contributed by atoms with Crippen molar-refractivity contribution < 1.29 is 5.11 Å². The van der Waals surface area contributed by atoms with Gasteiger partial charge in [-0.15, -0.1) is 0 Å². The Bertz CT molecular complexity index is 62.5. The molecule has 3 heteroatoms. The summed E-state index contributed by atoms with van der Waals surface area (Å²) in [5.41, 5.74) is -0.500. The summed E-state index contributed by atoms with van der Waals surface area (Å²) < 4.78 is 1.27.